The average molecular weight is 1160 g/mol. The number of hydrogen-bond acceptors (Lipinski definition) is 1. The fraction of sp³-hybridized carbons (Fsp3) is 0.170. The fourth-order valence-electron chi connectivity index (χ4n) is 7.89. The van der Waals surface area contributed by atoms with Gasteiger partial charge in [-0.3, -0.25) is 0 Å². The lowest BCUT2D eigenvalue weighted by atomic mass is 9.12. The zero-order valence-corrected chi connectivity index (χ0v) is 37.7. The van der Waals surface area contributed by atoms with Gasteiger partial charge in [0, 0.05) is 21.3 Å². The summed E-state index contributed by atoms with van der Waals surface area (Å²) in [7, 11) is 0. The first-order valence-electron chi connectivity index (χ1n) is 20.3. The quantitative estimate of drug-likeness (QED) is 0.0919. The first-order valence-corrected chi connectivity index (χ1v) is 21.1. The molecule has 0 unspecified atom stereocenters. The van der Waals surface area contributed by atoms with Gasteiger partial charge in [-0.1, -0.05) is 76.6 Å². The van der Waals surface area contributed by atoms with Gasteiger partial charge in [0.05, 0.1) is 49.9 Å². The Balaban J connectivity index is 0.000000421. The molecule has 7 rings (SSSR count). The smallest absolute Gasteiger partial charge is 0.231 e. The number of fused-ring (bicyclic) bond motifs is 1. The maximum atomic E-state index is 14.2. The van der Waals surface area contributed by atoms with E-state index in [9.17, 15) is 105 Å². The molecular formula is C47H23BBrF24NO. The summed E-state index contributed by atoms with van der Waals surface area (Å²) in [6, 6.07) is 11.1. The van der Waals surface area contributed by atoms with Crippen molar-refractivity contribution in [1.82, 2.24) is 0 Å². The molecule has 0 saturated heterocycles. The maximum absolute atomic E-state index is 14.2. The van der Waals surface area contributed by atoms with Crippen molar-refractivity contribution in [3.05, 3.63) is 189 Å². The third kappa shape index (κ3) is 13.1. The number of rotatable bonds is 6. The Morgan fingerprint density at radius 3 is 0.840 bits per heavy atom. The van der Waals surface area contributed by atoms with E-state index >= 15 is 0 Å². The van der Waals surface area contributed by atoms with Crippen LogP contribution in [-0.4, -0.2) is 6.15 Å². The first-order chi connectivity index (χ1) is 34.1. The Morgan fingerprint density at radius 1 is 0.320 bits per heavy atom. The molecule has 0 aliphatic heterocycles. The molecule has 1 heterocycles. The molecule has 7 aromatic rings. The van der Waals surface area contributed by atoms with Crippen LogP contribution >= 0.6 is 15.9 Å². The third-order valence-electron chi connectivity index (χ3n) is 11.1. The van der Waals surface area contributed by atoms with E-state index in [1.165, 1.54) is 0 Å². The van der Waals surface area contributed by atoms with Crippen LogP contribution in [0.15, 0.2) is 144 Å². The van der Waals surface area contributed by atoms with Gasteiger partial charge in [0.1, 0.15) is 6.15 Å². The van der Waals surface area contributed by atoms with Gasteiger partial charge in [-0.2, -0.15) is 127 Å². The van der Waals surface area contributed by atoms with Crippen molar-refractivity contribution in [2.75, 3.05) is 0 Å². The van der Waals surface area contributed by atoms with E-state index in [-0.39, 0.29) is 0 Å². The highest BCUT2D eigenvalue weighted by Gasteiger charge is 2.47. The summed E-state index contributed by atoms with van der Waals surface area (Å²) >= 11 is 3.41. The van der Waals surface area contributed by atoms with E-state index in [2.05, 4.69) is 28.1 Å². The Labute approximate surface area is 412 Å². The molecule has 0 aliphatic rings. The number of aromatic nitrogens is 1. The summed E-state index contributed by atoms with van der Waals surface area (Å²) in [4.78, 5) is 5.84. The Kier molecular flexibility index (Phi) is 15.2. The molecule has 0 N–H and O–H groups in total. The van der Waals surface area contributed by atoms with Gasteiger partial charge < -0.3 is 0 Å². The highest BCUT2D eigenvalue weighted by Crippen LogP contribution is 2.41. The summed E-state index contributed by atoms with van der Waals surface area (Å²) in [5, 5.41) is 1.15. The minimum Gasteiger partial charge on any atom is -0.231 e. The third-order valence-corrected chi connectivity index (χ3v) is 11.7. The van der Waals surface area contributed by atoms with Gasteiger partial charge in [-0.15, -0.1) is 0 Å². The number of pyridine rings is 1. The summed E-state index contributed by atoms with van der Waals surface area (Å²) in [5.74, 6) is 0.805. The SMILES string of the molecule is Brc1ccc(O[n+]2cccc3ccccc32)cc1.FC(F)(F)c1cc([B-](c2cc(C(F)(F)F)cc(C(F)(F)F)c2)(c2cc(C(F)(F)F)cc(C(F)(F)F)c2)c2cc(C(F)(F)F)cc(C(F)(F)F)c2)cc(C(F)(F)F)c1. The van der Waals surface area contributed by atoms with Gasteiger partial charge >= 0.3 is 49.4 Å². The zero-order chi connectivity index (χ0) is 56.3. The molecule has 75 heavy (non-hydrogen) atoms. The van der Waals surface area contributed by atoms with Crippen LogP contribution in [0.4, 0.5) is 105 Å². The van der Waals surface area contributed by atoms with Crippen LogP contribution in [0.1, 0.15) is 44.5 Å². The lowest BCUT2D eigenvalue weighted by molar-refractivity contribution is -0.854. The van der Waals surface area contributed by atoms with Gasteiger partial charge in [0.25, 0.3) is 5.52 Å². The predicted molar refractivity (Wildman–Crippen MR) is 224 cm³/mol. The van der Waals surface area contributed by atoms with Crippen molar-refractivity contribution in [2.24, 2.45) is 0 Å². The van der Waals surface area contributed by atoms with E-state index in [1.54, 1.807) is 4.73 Å². The second-order valence-corrected chi connectivity index (χ2v) is 17.1. The van der Waals surface area contributed by atoms with Crippen molar-refractivity contribution in [3.8, 4) is 5.75 Å². The standard InChI is InChI=1S/C32H12BF24.C15H11BrNO/c34-25(35,36)13-1-14(26(37,38)39)6-21(5-13)33(22-7-15(27(40,41)42)2-16(8-22)28(43,44)45,23-9-17(29(46,47)48)3-18(10-23)30(49,50)51)24-11-19(31(52,53)54)4-20(12-24)32(55,56)57;16-13-7-9-14(10-8-13)18-17-11-3-5-12-4-1-2-6-15(12)17/h1-12H;1-11H/q-1;+1. The van der Waals surface area contributed by atoms with E-state index in [1.807, 2.05) is 54.7 Å². The van der Waals surface area contributed by atoms with Gasteiger partial charge in [0.2, 0.25) is 11.9 Å². The monoisotopic (exact) mass is 1160 g/mol. The molecule has 400 valence electrons. The van der Waals surface area contributed by atoms with Crippen LogP contribution in [0.5, 0.6) is 5.75 Å². The zero-order valence-electron chi connectivity index (χ0n) is 36.2. The summed E-state index contributed by atoms with van der Waals surface area (Å²) < 4.78 is 344. The minimum absolute atomic E-state index is 0.691. The lowest BCUT2D eigenvalue weighted by Gasteiger charge is -2.46. The van der Waals surface area contributed by atoms with Crippen LogP contribution in [0, 0.1) is 0 Å². The van der Waals surface area contributed by atoms with Gasteiger partial charge in [-0.25, -0.2) is 4.84 Å². The predicted octanol–water partition coefficient (Wildman–Crippen LogP) is 14.9. The molecular weight excluding hydrogens is 1140 g/mol. The molecule has 2 nitrogen and oxygen atoms in total. The van der Waals surface area contributed by atoms with Crippen LogP contribution in [0.25, 0.3) is 10.9 Å². The van der Waals surface area contributed by atoms with Gasteiger partial charge in [0.15, 0.2) is 0 Å². The Morgan fingerprint density at radius 2 is 0.573 bits per heavy atom. The van der Waals surface area contributed by atoms with Crippen molar-refractivity contribution < 1.29 is 115 Å². The number of benzene rings is 6. The lowest BCUT2D eigenvalue weighted by Crippen LogP contribution is -2.75. The molecule has 0 aliphatic carbocycles. The number of hydrogen-bond donors (Lipinski definition) is 0. The van der Waals surface area contributed by atoms with Crippen LogP contribution in [-0.2, 0) is 49.4 Å². The molecule has 0 spiro atoms. The molecule has 0 radical (unpaired) electrons. The Hall–Kier alpha value is -6.61. The molecule has 0 saturated carbocycles. The number of alkyl halides is 24. The molecule has 28 heteroatoms. The molecule has 0 fully saturated rings. The molecule has 6 aromatic carbocycles. The average Bonchev–Trinajstić information content (AvgIpc) is 3.28. The van der Waals surface area contributed by atoms with E-state index in [0.717, 1.165) is 21.1 Å². The maximum Gasteiger partial charge on any atom is 0.416 e. The molecule has 0 amide bonds. The van der Waals surface area contributed by atoms with Crippen LogP contribution in [0.3, 0.4) is 0 Å². The second-order valence-electron chi connectivity index (χ2n) is 16.2. The van der Waals surface area contributed by atoms with Crippen molar-refractivity contribution in [3.63, 3.8) is 0 Å². The largest absolute Gasteiger partial charge is 0.416 e. The minimum atomic E-state index is -6.13. The van der Waals surface area contributed by atoms with Gasteiger partial charge in [-0.05, 0) is 60.7 Å². The second kappa shape index (κ2) is 19.8. The normalized spacial score (nSPS) is 13.4. The van der Waals surface area contributed by atoms with Crippen LogP contribution < -0.4 is 31.4 Å². The first kappa shape index (κ1) is 57.7. The highest BCUT2D eigenvalue weighted by atomic mass is 79.9. The summed E-state index contributed by atoms with van der Waals surface area (Å²) in [6.45, 7) is 0. The number of para-hydroxylation sites is 1. The summed E-state index contributed by atoms with van der Waals surface area (Å²) in [6.07, 6.45) is -52.9. The van der Waals surface area contributed by atoms with E-state index < -0.39 is 195 Å². The van der Waals surface area contributed by atoms with Crippen molar-refractivity contribution >= 4 is 54.8 Å². The number of halogens is 25. The molecule has 0 bridgehead atoms. The van der Waals surface area contributed by atoms with E-state index in [0.29, 0.717) is 0 Å². The van der Waals surface area contributed by atoms with E-state index in [4.69, 9.17) is 4.84 Å². The topological polar surface area (TPSA) is 13.1 Å². The summed E-state index contributed by atoms with van der Waals surface area (Å²) in [5.41, 5.74) is -29.2. The molecule has 1 aromatic heterocycles. The Bertz CT molecular complexity index is 2760. The fourth-order valence-corrected chi connectivity index (χ4v) is 8.16. The van der Waals surface area contributed by atoms with Crippen molar-refractivity contribution in [2.45, 2.75) is 49.4 Å². The highest BCUT2D eigenvalue weighted by molar-refractivity contribution is 9.10. The number of nitrogens with zero attached hydrogens (tertiary/aromatic N) is 1. The van der Waals surface area contributed by atoms with Crippen molar-refractivity contribution in [1.29, 1.82) is 0 Å². The molecule has 0 atom stereocenters. The van der Waals surface area contributed by atoms with Crippen LogP contribution in [0.2, 0.25) is 0 Å².